The second-order valence-corrected chi connectivity index (χ2v) is 3.90. The summed E-state index contributed by atoms with van der Waals surface area (Å²) >= 11 is 0. The second kappa shape index (κ2) is 9.94. The molecule has 0 aromatic heterocycles. The fourth-order valence-electron chi connectivity index (χ4n) is 1.48. The maximum atomic E-state index is 11.8. The summed E-state index contributed by atoms with van der Waals surface area (Å²) in [5.41, 5.74) is 0. The van der Waals surface area contributed by atoms with Gasteiger partial charge >= 0.3 is 5.97 Å². The molecular weight excluding hydrogens is 246 g/mol. The minimum absolute atomic E-state index is 0.0454. The topological polar surface area (TPSA) is 52.6 Å². The second-order valence-electron chi connectivity index (χ2n) is 3.90. The number of Topliss-reactive ketones (excluding diaryl/α,β-unsaturated/α-hetero) is 1. The van der Waals surface area contributed by atoms with Gasteiger partial charge < -0.3 is 9.47 Å². The number of ether oxygens (including phenoxy) is 2. The van der Waals surface area contributed by atoms with Gasteiger partial charge in [-0.15, -0.1) is 0 Å². The first-order valence-electron chi connectivity index (χ1n) is 5.99. The number of hydrogen-bond donors (Lipinski definition) is 0. The highest BCUT2D eigenvalue weighted by Gasteiger charge is 2.26. The molecule has 4 nitrogen and oxygen atoms in total. The molecule has 6 heteroatoms. The smallest absolute Gasteiger partial charge is 0.316 e. The van der Waals surface area contributed by atoms with Crippen LogP contribution in [0, 0.1) is 5.92 Å². The van der Waals surface area contributed by atoms with Crippen LogP contribution in [0.3, 0.4) is 0 Å². The molecule has 0 aliphatic heterocycles. The predicted molar refractivity (Wildman–Crippen MR) is 61.5 cm³/mol. The third kappa shape index (κ3) is 7.32. The van der Waals surface area contributed by atoms with Crippen LogP contribution in [0.25, 0.3) is 0 Å². The molecule has 0 amide bonds. The molecule has 106 valence electrons. The number of alkyl halides is 2. The van der Waals surface area contributed by atoms with E-state index in [9.17, 15) is 18.4 Å². The van der Waals surface area contributed by atoms with E-state index in [1.807, 2.05) is 6.92 Å². The fourth-order valence-corrected chi connectivity index (χ4v) is 1.48. The van der Waals surface area contributed by atoms with Gasteiger partial charge in [0.05, 0.1) is 13.7 Å². The Hall–Kier alpha value is -1.04. The van der Waals surface area contributed by atoms with E-state index in [0.717, 1.165) is 12.8 Å². The molecule has 0 bridgehead atoms. The van der Waals surface area contributed by atoms with Gasteiger partial charge in [-0.3, -0.25) is 9.59 Å². The number of ketones is 1. The van der Waals surface area contributed by atoms with Gasteiger partial charge in [-0.1, -0.05) is 19.8 Å². The molecule has 0 N–H and O–H groups in total. The monoisotopic (exact) mass is 266 g/mol. The first kappa shape index (κ1) is 17.0. The number of carbonyl (C=O) groups excluding carboxylic acids is 2. The van der Waals surface area contributed by atoms with Gasteiger partial charge in [0.2, 0.25) is 0 Å². The van der Waals surface area contributed by atoms with E-state index in [1.54, 1.807) is 0 Å². The Morgan fingerprint density at radius 1 is 1.28 bits per heavy atom. The number of esters is 1. The van der Waals surface area contributed by atoms with Crippen molar-refractivity contribution < 1.29 is 27.8 Å². The van der Waals surface area contributed by atoms with Gasteiger partial charge in [0.25, 0.3) is 6.43 Å². The first-order chi connectivity index (χ1) is 8.52. The molecule has 0 radical (unpaired) electrons. The summed E-state index contributed by atoms with van der Waals surface area (Å²) in [5, 5.41) is 0. The summed E-state index contributed by atoms with van der Waals surface area (Å²) < 4.78 is 32.7. The minimum atomic E-state index is -2.54. The van der Waals surface area contributed by atoms with Crippen LogP contribution in [0.2, 0.25) is 0 Å². The number of halogens is 2. The van der Waals surface area contributed by atoms with Crippen LogP contribution in [0.1, 0.15) is 32.6 Å². The molecule has 0 saturated heterocycles. The molecule has 0 aliphatic rings. The van der Waals surface area contributed by atoms with Crippen molar-refractivity contribution in [1.29, 1.82) is 0 Å². The van der Waals surface area contributed by atoms with Gasteiger partial charge in [-0.05, 0) is 6.42 Å². The number of carbonyl (C=O) groups is 2. The highest BCUT2D eigenvalue weighted by molar-refractivity contribution is 5.98. The van der Waals surface area contributed by atoms with Crippen LogP contribution in [0.15, 0.2) is 0 Å². The SMILES string of the molecule is CCCCC(C(=O)CCOCC(F)F)C(=O)OC. The molecule has 0 heterocycles. The van der Waals surface area contributed by atoms with Crippen LogP contribution in [0.5, 0.6) is 0 Å². The van der Waals surface area contributed by atoms with E-state index >= 15 is 0 Å². The van der Waals surface area contributed by atoms with Crippen LogP contribution < -0.4 is 0 Å². The zero-order valence-corrected chi connectivity index (χ0v) is 10.8. The standard InChI is InChI=1S/C12H20F2O4/c1-3-4-5-9(12(16)17-2)10(15)6-7-18-8-11(13)14/h9,11H,3-8H2,1-2H3. The minimum Gasteiger partial charge on any atom is -0.468 e. The van der Waals surface area contributed by atoms with E-state index in [2.05, 4.69) is 9.47 Å². The quantitative estimate of drug-likeness (QED) is 0.345. The molecule has 0 aromatic rings. The summed E-state index contributed by atoms with van der Waals surface area (Å²) in [6.07, 6.45) is -0.560. The lowest BCUT2D eigenvalue weighted by Gasteiger charge is -2.13. The highest BCUT2D eigenvalue weighted by Crippen LogP contribution is 2.13. The van der Waals surface area contributed by atoms with Gasteiger partial charge in [0, 0.05) is 6.42 Å². The number of hydrogen-bond acceptors (Lipinski definition) is 4. The normalized spacial score (nSPS) is 12.5. The van der Waals surface area contributed by atoms with Crippen molar-refractivity contribution in [1.82, 2.24) is 0 Å². The predicted octanol–water partition coefficient (Wildman–Crippen LogP) is 2.21. The van der Waals surface area contributed by atoms with Crippen molar-refractivity contribution >= 4 is 11.8 Å². The lowest BCUT2D eigenvalue weighted by Crippen LogP contribution is -2.26. The Morgan fingerprint density at radius 2 is 1.94 bits per heavy atom. The Balaban J connectivity index is 4.08. The molecule has 18 heavy (non-hydrogen) atoms. The largest absolute Gasteiger partial charge is 0.468 e. The lowest BCUT2D eigenvalue weighted by molar-refractivity contribution is -0.150. The zero-order valence-electron chi connectivity index (χ0n) is 10.8. The lowest BCUT2D eigenvalue weighted by atomic mass is 9.96. The van der Waals surface area contributed by atoms with E-state index < -0.39 is 24.9 Å². The van der Waals surface area contributed by atoms with E-state index in [-0.39, 0.29) is 18.8 Å². The molecule has 0 aromatic carbocycles. The van der Waals surface area contributed by atoms with Crippen LogP contribution in [-0.4, -0.2) is 38.5 Å². The molecule has 1 unspecified atom stereocenters. The Bertz CT molecular complexity index is 256. The average molecular weight is 266 g/mol. The van der Waals surface area contributed by atoms with Gasteiger partial charge in [0.15, 0.2) is 0 Å². The average Bonchev–Trinajstić information content (AvgIpc) is 2.34. The van der Waals surface area contributed by atoms with Crippen molar-refractivity contribution in [3.8, 4) is 0 Å². The molecule has 0 aliphatic carbocycles. The van der Waals surface area contributed by atoms with Crippen LogP contribution >= 0.6 is 0 Å². The van der Waals surface area contributed by atoms with E-state index in [1.165, 1.54) is 7.11 Å². The van der Waals surface area contributed by atoms with Gasteiger partial charge in [-0.25, -0.2) is 8.78 Å². The van der Waals surface area contributed by atoms with Crippen molar-refractivity contribution in [2.45, 2.75) is 39.0 Å². The molecule has 0 fully saturated rings. The third-order valence-electron chi connectivity index (χ3n) is 2.46. The molecular formula is C12H20F2O4. The third-order valence-corrected chi connectivity index (χ3v) is 2.46. The Kier molecular flexibility index (Phi) is 9.36. The molecule has 0 rings (SSSR count). The Morgan fingerprint density at radius 3 is 2.44 bits per heavy atom. The van der Waals surface area contributed by atoms with Crippen molar-refractivity contribution in [2.24, 2.45) is 5.92 Å². The molecule has 0 spiro atoms. The zero-order chi connectivity index (χ0) is 14.0. The number of unbranched alkanes of at least 4 members (excludes halogenated alkanes) is 1. The number of methoxy groups -OCH3 is 1. The molecule has 0 saturated carbocycles. The van der Waals surface area contributed by atoms with E-state index in [0.29, 0.717) is 6.42 Å². The van der Waals surface area contributed by atoms with Gasteiger partial charge in [-0.2, -0.15) is 0 Å². The summed E-state index contributed by atoms with van der Waals surface area (Å²) in [4.78, 5) is 23.1. The maximum absolute atomic E-state index is 11.8. The fraction of sp³-hybridized carbons (Fsp3) is 0.833. The summed E-state index contributed by atoms with van der Waals surface area (Å²) in [6, 6.07) is 0. The highest BCUT2D eigenvalue weighted by atomic mass is 19.3. The van der Waals surface area contributed by atoms with Crippen molar-refractivity contribution in [2.75, 3.05) is 20.3 Å². The first-order valence-corrected chi connectivity index (χ1v) is 5.99. The Labute approximate surface area is 106 Å². The van der Waals surface area contributed by atoms with Crippen LogP contribution in [-0.2, 0) is 19.1 Å². The van der Waals surface area contributed by atoms with Crippen molar-refractivity contribution in [3.63, 3.8) is 0 Å². The number of rotatable bonds is 10. The van der Waals surface area contributed by atoms with Crippen LogP contribution in [0.4, 0.5) is 8.78 Å². The summed E-state index contributed by atoms with van der Waals surface area (Å²) in [6.45, 7) is 1.17. The van der Waals surface area contributed by atoms with Gasteiger partial charge in [0.1, 0.15) is 18.3 Å². The summed E-state index contributed by atoms with van der Waals surface area (Å²) in [7, 11) is 1.22. The maximum Gasteiger partial charge on any atom is 0.316 e. The summed E-state index contributed by atoms with van der Waals surface area (Å²) in [5.74, 6) is -1.68. The molecule has 1 atom stereocenters. The van der Waals surface area contributed by atoms with E-state index in [4.69, 9.17) is 0 Å². The van der Waals surface area contributed by atoms with Crippen molar-refractivity contribution in [3.05, 3.63) is 0 Å².